The highest BCUT2D eigenvalue weighted by atomic mass is 19.1. The Morgan fingerprint density at radius 2 is 1.53 bits per heavy atom. The molecule has 0 spiro atoms. The lowest BCUT2D eigenvalue weighted by Gasteiger charge is -2.36. The Labute approximate surface area is 271 Å². The van der Waals surface area contributed by atoms with E-state index in [1.54, 1.807) is 6.20 Å². The van der Waals surface area contributed by atoms with Crippen molar-refractivity contribution in [1.29, 1.82) is 0 Å². The summed E-state index contributed by atoms with van der Waals surface area (Å²) in [5.41, 5.74) is 7.28. The van der Waals surface area contributed by atoms with Gasteiger partial charge in [0.2, 0.25) is 0 Å². The van der Waals surface area contributed by atoms with Gasteiger partial charge in [-0.2, -0.15) is 0 Å². The monoisotopic (exact) mass is 614 g/mol. The normalized spacial score (nSPS) is 14.2. The maximum absolute atomic E-state index is 17.5. The van der Waals surface area contributed by atoms with Gasteiger partial charge in [-0.3, -0.25) is 4.57 Å². The molecule has 1 aliphatic rings. The molecule has 0 fully saturated rings. The van der Waals surface area contributed by atoms with Crippen molar-refractivity contribution in [1.82, 2.24) is 19.1 Å². The van der Waals surface area contributed by atoms with Crippen LogP contribution in [-0.2, 0) is 12.5 Å². The summed E-state index contributed by atoms with van der Waals surface area (Å²) in [4.78, 5) is 9.62. The molecule has 1 aliphatic heterocycles. The van der Waals surface area contributed by atoms with Crippen LogP contribution in [0.1, 0.15) is 42.3 Å². The summed E-state index contributed by atoms with van der Waals surface area (Å²) >= 11 is 0. The molecule has 0 amide bonds. The van der Waals surface area contributed by atoms with Crippen LogP contribution in [0.25, 0.3) is 50.0 Å². The minimum atomic E-state index is -1.47. The number of fused-ring (bicyclic) bond motifs is 7. The SMILES string of the molecule is Cn1c(-c2cccc(C(F)c3cc4c(c5c3Oc3ccccc3C5(C)C)c3ccccc3n4-c3ccccn3)c2)nc2ccccc21. The number of ether oxygens (including phenoxy) is 1. The van der Waals surface area contributed by atoms with E-state index in [9.17, 15) is 0 Å². The van der Waals surface area contributed by atoms with Gasteiger partial charge in [0.25, 0.3) is 0 Å². The van der Waals surface area contributed by atoms with Gasteiger partial charge in [-0.1, -0.05) is 86.6 Å². The molecule has 47 heavy (non-hydrogen) atoms. The van der Waals surface area contributed by atoms with E-state index in [1.165, 1.54) is 0 Å². The summed E-state index contributed by atoms with van der Waals surface area (Å²) in [6, 6.07) is 40.0. The molecule has 0 saturated carbocycles. The Morgan fingerprint density at radius 3 is 2.36 bits per heavy atom. The first kappa shape index (κ1) is 27.6. The molecule has 6 heteroatoms. The van der Waals surface area contributed by atoms with Crippen LogP contribution in [0.5, 0.6) is 11.5 Å². The fourth-order valence-electron chi connectivity index (χ4n) is 7.49. The lowest BCUT2D eigenvalue weighted by Crippen LogP contribution is -2.25. The van der Waals surface area contributed by atoms with Crippen LogP contribution >= 0.6 is 0 Å². The van der Waals surface area contributed by atoms with E-state index in [-0.39, 0.29) is 0 Å². The Bertz CT molecular complexity index is 2510. The van der Waals surface area contributed by atoms with Gasteiger partial charge in [0.1, 0.15) is 23.1 Å². The quantitative estimate of drug-likeness (QED) is 0.198. The number of imidazole rings is 1. The van der Waals surface area contributed by atoms with Gasteiger partial charge in [0.15, 0.2) is 6.17 Å². The third-order valence-corrected chi connectivity index (χ3v) is 9.72. The minimum Gasteiger partial charge on any atom is -0.456 e. The second-order valence-corrected chi connectivity index (χ2v) is 12.8. The standard InChI is InChI=1S/C41H31FN4O/c1-41(2)29-16-5-9-20-34(29)47-39-28(38(42)25-13-12-14-26(23-25)40-44-30-17-6-8-19-32(30)45(40)3)24-33-36(37(39)41)27-15-4-7-18-31(27)46(33)35-21-10-11-22-43-35/h4-24,38H,1-3H3. The number of para-hydroxylation sites is 4. The first-order chi connectivity index (χ1) is 22.9. The number of hydrogen-bond donors (Lipinski definition) is 0. The van der Waals surface area contributed by atoms with Crippen LogP contribution in [0.2, 0.25) is 0 Å². The second-order valence-electron chi connectivity index (χ2n) is 12.8. The van der Waals surface area contributed by atoms with Crippen molar-refractivity contribution in [3.8, 4) is 28.7 Å². The Kier molecular flexibility index (Phi) is 5.94. The Morgan fingerprint density at radius 1 is 0.766 bits per heavy atom. The van der Waals surface area contributed by atoms with E-state index in [1.807, 2.05) is 104 Å². The van der Waals surface area contributed by atoms with Gasteiger partial charge in [0.05, 0.1) is 22.1 Å². The number of nitrogens with zero attached hydrogens (tertiary/aromatic N) is 4. The smallest absolute Gasteiger partial charge is 0.154 e. The molecule has 0 radical (unpaired) electrons. The van der Waals surface area contributed by atoms with E-state index < -0.39 is 11.6 Å². The highest BCUT2D eigenvalue weighted by Crippen LogP contribution is 2.55. The molecule has 5 aromatic carbocycles. The second kappa shape index (κ2) is 10.1. The molecule has 228 valence electrons. The summed E-state index contributed by atoms with van der Waals surface area (Å²) in [5.74, 6) is 2.89. The third-order valence-electron chi connectivity index (χ3n) is 9.72. The summed E-state index contributed by atoms with van der Waals surface area (Å²) in [7, 11) is 2.00. The third kappa shape index (κ3) is 4.01. The van der Waals surface area contributed by atoms with E-state index in [0.29, 0.717) is 16.9 Å². The van der Waals surface area contributed by atoms with E-state index in [4.69, 9.17) is 14.7 Å². The number of benzene rings is 5. The molecule has 4 heterocycles. The van der Waals surface area contributed by atoms with E-state index in [2.05, 4.69) is 47.2 Å². The zero-order valence-corrected chi connectivity index (χ0v) is 26.3. The molecular weight excluding hydrogens is 583 g/mol. The van der Waals surface area contributed by atoms with Gasteiger partial charge in [-0.25, -0.2) is 14.4 Å². The van der Waals surface area contributed by atoms with Crippen LogP contribution in [-0.4, -0.2) is 19.1 Å². The highest BCUT2D eigenvalue weighted by Gasteiger charge is 2.40. The minimum absolute atomic E-state index is 0.480. The molecule has 5 nitrogen and oxygen atoms in total. The van der Waals surface area contributed by atoms with Crippen molar-refractivity contribution in [3.63, 3.8) is 0 Å². The van der Waals surface area contributed by atoms with Crippen LogP contribution in [0, 0.1) is 0 Å². The lowest BCUT2D eigenvalue weighted by atomic mass is 9.73. The molecule has 8 aromatic rings. The zero-order chi connectivity index (χ0) is 31.9. The molecule has 1 unspecified atom stereocenters. The van der Waals surface area contributed by atoms with E-state index >= 15 is 4.39 Å². The first-order valence-electron chi connectivity index (χ1n) is 15.9. The molecule has 1 atom stereocenters. The van der Waals surface area contributed by atoms with Crippen LogP contribution in [0.4, 0.5) is 4.39 Å². The average Bonchev–Trinajstić information content (AvgIpc) is 3.62. The topological polar surface area (TPSA) is 44.9 Å². The fraction of sp³-hybridized carbons (Fsp3) is 0.122. The predicted octanol–water partition coefficient (Wildman–Crippen LogP) is 10.2. The van der Waals surface area contributed by atoms with Crippen LogP contribution in [0.15, 0.2) is 128 Å². The number of aromatic nitrogens is 4. The molecule has 0 N–H and O–H groups in total. The first-order valence-corrected chi connectivity index (χ1v) is 15.9. The lowest BCUT2D eigenvalue weighted by molar-refractivity contribution is 0.368. The van der Waals surface area contributed by atoms with Crippen molar-refractivity contribution in [2.45, 2.75) is 25.4 Å². The maximum Gasteiger partial charge on any atom is 0.154 e. The van der Waals surface area contributed by atoms with Gasteiger partial charge < -0.3 is 9.30 Å². The number of rotatable bonds is 4. The van der Waals surface area contributed by atoms with Gasteiger partial charge in [-0.05, 0) is 54.1 Å². The molecule has 9 rings (SSSR count). The predicted molar refractivity (Wildman–Crippen MR) is 186 cm³/mol. The molecule has 0 bridgehead atoms. The largest absolute Gasteiger partial charge is 0.456 e. The summed E-state index contributed by atoms with van der Waals surface area (Å²) < 4.78 is 28.4. The summed E-state index contributed by atoms with van der Waals surface area (Å²) in [5, 5.41) is 2.12. The van der Waals surface area contributed by atoms with Gasteiger partial charge >= 0.3 is 0 Å². The number of aryl methyl sites for hydroxylation is 1. The van der Waals surface area contributed by atoms with Crippen molar-refractivity contribution in [2.24, 2.45) is 7.05 Å². The van der Waals surface area contributed by atoms with Crippen molar-refractivity contribution in [3.05, 3.63) is 150 Å². The average molecular weight is 615 g/mol. The van der Waals surface area contributed by atoms with Crippen LogP contribution in [0.3, 0.4) is 0 Å². The highest BCUT2D eigenvalue weighted by molar-refractivity contribution is 6.12. The molecular formula is C41H31FN4O. The maximum atomic E-state index is 17.5. The molecule has 0 aliphatic carbocycles. The van der Waals surface area contributed by atoms with Crippen molar-refractivity contribution in [2.75, 3.05) is 0 Å². The Hall–Kier alpha value is -5.75. The van der Waals surface area contributed by atoms with Gasteiger partial charge in [-0.15, -0.1) is 0 Å². The number of halogens is 1. The fourth-order valence-corrected chi connectivity index (χ4v) is 7.49. The van der Waals surface area contributed by atoms with Crippen LogP contribution < -0.4 is 4.74 Å². The Balaban J connectivity index is 1.33. The molecule has 3 aromatic heterocycles. The zero-order valence-electron chi connectivity index (χ0n) is 26.3. The van der Waals surface area contributed by atoms with Crippen molar-refractivity contribution < 1.29 is 9.13 Å². The number of alkyl halides is 1. The van der Waals surface area contributed by atoms with Gasteiger partial charge in [0, 0.05) is 51.7 Å². The van der Waals surface area contributed by atoms with E-state index in [0.717, 1.165) is 66.9 Å². The molecule has 0 saturated heterocycles. The number of pyridine rings is 1. The van der Waals surface area contributed by atoms with Crippen molar-refractivity contribution >= 4 is 32.8 Å². The number of hydrogen-bond acceptors (Lipinski definition) is 3. The summed E-state index contributed by atoms with van der Waals surface area (Å²) in [6.45, 7) is 4.42. The summed E-state index contributed by atoms with van der Waals surface area (Å²) in [6.07, 6.45) is 0.322.